The van der Waals surface area contributed by atoms with Crippen molar-refractivity contribution in [3.05, 3.63) is 0 Å². The standard InChI is InChI=1S/C39H64O13/c1-18-7-12-39(48-16-18)19(2)28-25(52-39)14-24-22-6-5-20-13-21(8-10-37(20,3)23(22)9-11-38(24,28)4)49-36-34(46)32(44)30(42)27(51-36)17-47-35-33(45)31(43)29(41)26(15-40)50-35/h18-36,40-46H,5-17H2,1-4H3/t18-,19-,20+,21+,22+,23-,24-,25-,26-,27+,28-,29-,30+,31+,32-,33+,34+,35-,36+,37-,38-,39+/m1/s1. The third-order valence-corrected chi connectivity index (χ3v) is 16.2. The molecule has 0 amide bonds. The minimum absolute atomic E-state index is 0.188. The maximum absolute atomic E-state index is 10.9. The van der Waals surface area contributed by atoms with Crippen LogP contribution in [0.3, 0.4) is 0 Å². The smallest absolute Gasteiger partial charge is 0.186 e. The Bertz CT molecular complexity index is 1260. The molecule has 22 atom stereocenters. The van der Waals surface area contributed by atoms with Crippen LogP contribution in [0, 0.1) is 52.3 Å². The van der Waals surface area contributed by atoms with Crippen molar-refractivity contribution in [2.75, 3.05) is 19.8 Å². The first-order chi connectivity index (χ1) is 24.7. The van der Waals surface area contributed by atoms with Gasteiger partial charge in [0.15, 0.2) is 18.4 Å². The number of ether oxygens (including phenoxy) is 6. The van der Waals surface area contributed by atoms with Crippen molar-refractivity contribution >= 4 is 0 Å². The van der Waals surface area contributed by atoms with Crippen LogP contribution in [0.15, 0.2) is 0 Å². The maximum atomic E-state index is 10.9. The summed E-state index contributed by atoms with van der Waals surface area (Å²) in [5.41, 5.74) is 0.468. The quantitative estimate of drug-likeness (QED) is 0.194. The van der Waals surface area contributed by atoms with Crippen molar-refractivity contribution in [1.82, 2.24) is 0 Å². The van der Waals surface area contributed by atoms with E-state index in [1.165, 1.54) is 25.7 Å². The molecule has 8 fully saturated rings. The molecular weight excluding hydrogens is 676 g/mol. The van der Waals surface area contributed by atoms with Gasteiger partial charge in [0.1, 0.15) is 48.8 Å². The van der Waals surface area contributed by atoms with Crippen LogP contribution < -0.4 is 0 Å². The minimum atomic E-state index is -1.62. The number of hydrogen-bond acceptors (Lipinski definition) is 13. The highest BCUT2D eigenvalue weighted by molar-refractivity contribution is 5.15. The van der Waals surface area contributed by atoms with Crippen LogP contribution in [-0.4, -0.2) is 135 Å². The van der Waals surface area contributed by atoms with E-state index < -0.39 is 73.8 Å². The first kappa shape index (κ1) is 38.4. The molecule has 4 heterocycles. The van der Waals surface area contributed by atoms with Crippen LogP contribution in [-0.2, 0) is 28.4 Å². The lowest BCUT2D eigenvalue weighted by Gasteiger charge is -2.61. The Hall–Kier alpha value is -0.520. The molecule has 8 aliphatic rings. The van der Waals surface area contributed by atoms with Crippen molar-refractivity contribution in [2.45, 2.75) is 171 Å². The summed E-state index contributed by atoms with van der Waals surface area (Å²) < 4.78 is 36.9. The molecule has 298 valence electrons. The van der Waals surface area contributed by atoms with Crippen LogP contribution in [0.5, 0.6) is 0 Å². The highest BCUT2D eigenvalue weighted by atomic mass is 16.7. The maximum Gasteiger partial charge on any atom is 0.186 e. The molecule has 4 aliphatic carbocycles. The van der Waals surface area contributed by atoms with Crippen LogP contribution >= 0.6 is 0 Å². The van der Waals surface area contributed by atoms with Gasteiger partial charge < -0.3 is 64.2 Å². The van der Waals surface area contributed by atoms with E-state index in [2.05, 4.69) is 27.7 Å². The Morgan fingerprint density at radius 3 is 2.10 bits per heavy atom. The van der Waals surface area contributed by atoms with Gasteiger partial charge in [-0.25, -0.2) is 0 Å². The lowest BCUT2D eigenvalue weighted by molar-refractivity contribution is -0.338. The molecular formula is C39H64O13. The summed E-state index contributed by atoms with van der Waals surface area (Å²) in [5.74, 6) is 3.63. The summed E-state index contributed by atoms with van der Waals surface area (Å²) >= 11 is 0. The van der Waals surface area contributed by atoms with E-state index in [-0.39, 0.29) is 29.6 Å². The molecule has 7 N–H and O–H groups in total. The molecule has 8 rings (SSSR count). The van der Waals surface area contributed by atoms with E-state index in [9.17, 15) is 35.7 Å². The van der Waals surface area contributed by atoms with E-state index in [1.54, 1.807) is 0 Å². The summed E-state index contributed by atoms with van der Waals surface area (Å²) in [6.45, 7) is 9.58. The van der Waals surface area contributed by atoms with Crippen molar-refractivity contribution < 1.29 is 64.2 Å². The fraction of sp³-hybridized carbons (Fsp3) is 1.00. The first-order valence-corrected chi connectivity index (χ1v) is 20.3. The van der Waals surface area contributed by atoms with E-state index in [0.717, 1.165) is 45.1 Å². The number of aliphatic hydroxyl groups is 7. The first-order valence-electron chi connectivity index (χ1n) is 20.3. The summed E-state index contributed by atoms with van der Waals surface area (Å²) in [4.78, 5) is 0. The zero-order chi connectivity index (χ0) is 36.9. The van der Waals surface area contributed by atoms with E-state index in [4.69, 9.17) is 28.4 Å². The van der Waals surface area contributed by atoms with E-state index >= 15 is 0 Å². The van der Waals surface area contributed by atoms with Crippen molar-refractivity contribution in [3.8, 4) is 0 Å². The lowest BCUT2D eigenvalue weighted by atomic mass is 9.44. The third-order valence-electron chi connectivity index (χ3n) is 16.2. The molecule has 13 nitrogen and oxygen atoms in total. The zero-order valence-corrected chi connectivity index (χ0v) is 31.2. The number of hydrogen-bond donors (Lipinski definition) is 7. The second kappa shape index (κ2) is 14.1. The Morgan fingerprint density at radius 1 is 0.692 bits per heavy atom. The molecule has 0 unspecified atom stereocenters. The third kappa shape index (κ3) is 6.06. The van der Waals surface area contributed by atoms with Gasteiger partial charge in [-0.2, -0.15) is 0 Å². The summed E-state index contributed by atoms with van der Waals surface area (Å²) in [7, 11) is 0. The SMILES string of the molecule is C[C@@H]1CC[C@]2(OC1)O[C@@H]1C[C@@H]3[C@H]4CC[C@H]5C[C@@H](O[C@H]6O[C@@H](CO[C@@H]7O[C@H](CO)[C@@H](O)[C@H](O)[C@@H]7O)[C@H](O)[C@@H](O)[C@@H]6O)CC[C@@]5(C)[C@@H]4CC[C@@]3(C)[C@@H]1[C@H]2C. The number of aliphatic hydroxyl groups excluding tert-OH is 7. The topological polar surface area (TPSA) is 197 Å². The molecule has 13 heteroatoms. The zero-order valence-electron chi connectivity index (χ0n) is 31.2. The fourth-order valence-corrected chi connectivity index (χ4v) is 13.1. The predicted octanol–water partition coefficient (Wildman–Crippen LogP) is 1.44. The average Bonchev–Trinajstić information content (AvgIpc) is 3.58. The Labute approximate surface area is 307 Å². The van der Waals surface area contributed by atoms with Crippen molar-refractivity contribution in [3.63, 3.8) is 0 Å². The minimum Gasteiger partial charge on any atom is -0.394 e. The van der Waals surface area contributed by atoms with Gasteiger partial charge in [0.05, 0.1) is 32.0 Å². The van der Waals surface area contributed by atoms with Gasteiger partial charge in [-0.1, -0.05) is 27.7 Å². The molecule has 0 aromatic rings. The Kier molecular flexibility index (Phi) is 10.4. The molecule has 0 radical (unpaired) electrons. The Balaban J connectivity index is 0.886. The summed E-state index contributed by atoms with van der Waals surface area (Å²) in [6, 6.07) is 0. The van der Waals surface area contributed by atoms with Gasteiger partial charge in [0.2, 0.25) is 0 Å². The fourth-order valence-electron chi connectivity index (χ4n) is 13.1. The van der Waals surface area contributed by atoms with Crippen LogP contribution in [0.1, 0.15) is 91.9 Å². The second-order valence-corrected chi connectivity index (χ2v) is 18.8. The van der Waals surface area contributed by atoms with Crippen LogP contribution in [0.25, 0.3) is 0 Å². The molecule has 52 heavy (non-hydrogen) atoms. The molecule has 4 aliphatic heterocycles. The van der Waals surface area contributed by atoms with Gasteiger partial charge in [0.25, 0.3) is 0 Å². The molecule has 4 saturated heterocycles. The highest BCUT2D eigenvalue weighted by Gasteiger charge is 2.69. The van der Waals surface area contributed by atoms with Crippen LogP contribution in [0.2, 0.25) is 0 Å². The van der Waals surface area contributed by atoms with Gasteiger partial charge in [-0.05, 0) is 104 Å². The normalized spacial score (nSPS) is 59.0. The average molecular weight is 741 g/mol. The lowest BCUT2D eigenvalue weighted by Crippen LogP contribution is -2.62. The van der Waals surface area contributed by atoms with E-state index in [1.807, 2.05) is 0 Å². The van der Waals surface area contributed by atoms with Crippen LogP contribution in [0.4, 0.5) is 0 Å². The molecule has 4 saturated carbocycles. The summed E-state index contributed by atoms with van der Waals surface area (Å²) in [6.07, 6.45) is -3.38. The molecule has 1 spiro atoms. The van der Waals surface area contributed by atoms with Gasteiger partial charge in [-0.15, -0.1) is 0 Å². The molecule has 0 aromatic heterocycles. The summed E-state index contributed by atoms with van der Waals surface area (Å²) in [5, 5.41) is 72.4. The molecule has 0 bridgehead atoms. The largest absolute Gasteiger partial charge is 0.394 e. The van der Waals surface area contributed by atoms with E-state index in [0.29, 0.717) is 41.4 Å². The second-order valence-electron chi connectivity index (χ2n) is 18.8. The van der Waals surface area contributed by atoms with Gasteiger partial charge >= 0.3 is 0 Å². The van der Waals surface area contributed by atoms with Crippen molar-refractivity contribution in [1.29, 1.82) is 0 Å². The predicted molar refractivity (Wildman–Crippen MR) is 183 cm³/mol. The number of fused-ring (bicyclic) bond motifs is 7. The van der Waals surface area contributed by atoms with Gasteiger partial charge in [-0.3, -0.25) is 0 Å². The Morgan fingerprint density at radius 2 is 1.38 bits per heavy atom. The monoisotopic (exact) mass is 740 g/mol. The number of rotatable bonds is 6. The molecule has 0 aromatic carbocycles. The van der Waals surface area contributed by atoms with Crippen molar-refractivity contribution in [2.24, 2.45) is 52.3 Å². The highest BCUT2D eigenvalue weighted by Crippen LogP contribution is 2.71. The van der Waals surface area contributed by atoms with Gasteiger partial charge in [0, 0.05) is 12.3 Å².